The van der Waals surface area contributed by atoms with Gasteiger partial charge in [-0.15, -0.1) is 0 Å². The minimum Gasteiger partial charge on any atom is -0.347 e. The number of carbonyl (C=O) groups excluding carboxylic acids is 5. The summed E-state index contributed by atoms with van der Waals surface area (Å²) in [6.45, 7) is 16.5. The van der Waals surface area contributed by atoms with Gasteiger partial charge in [0.05, 0.1) is 10.8 Å². The van der Waals surface area contributed by atoms with E-state index in [1.54, 1.807) is 25.7 Å². The summed E-state index contributed by atoms with van der Waals surface area (Å²) in [5, 5.41) is 11.5. The van der Waals surface area contributed by atoms with Crippen molar-refractivity contribution in [1.82, 2.24) is 30.5 Å². The Morgan fingerprint density at radius 3 is 1.92 bits per heavy atom. The first-order valence-electron chi connectivity index (χ1n) is 18.9. The number of nitrogens with one attached hydrogen (secondary N) is 4. The molecule has 4 rings (SSSR count). The normalized spacial score (nSPS) is 24.6. The average Bonchev–Trinajstić information content (AvgIpc) is 3.54. The summed E-state index contributed by atoms with van der Waals surface area (Å²) in [6.07, 6.45) is 7.60. The fraction of sp³-hybridized carbons (Fsp3) is 0.865. The Bertz CT molecular complexity index is 1440. The highest BCUT2D eigenvalue weighted by Crippen LogP contribution is 2.43. The van der Waals surface area contributed by atoms with Gasteiger partial charge in [0, 0.05) is 32.2 Å². The van der Waals surface area contributed by atoms with Gasteiger partial charge in [-0.2, -0.15) is 0 Å². The molecule has 13 nitrogen and oxygen atoms in total. The van der Waals surface area contributed by atoms with Gasteiger partial charge in [-0.3, -0.25) is 19.2 Å². The number of sulfonamides is 1. The molecule has 0 radical (unpaired) electrons. The lowest BCUT2D eigenvalue weighted by atomic mass is 9.80. The van der Waals surface area contributed by atoms with Gasteiger partial charge in [-0.05, 0) is 81.5 Å². The summed E-state index contributed by atoms with van der Waals surface area (Å²) in [5.41, 5.74) is -1.28. The van der Waals surface area contributed by atoms with Crippen molar-refractivity contribution in [2.24, 2.45) is 28.6 Å². The molecule has 6 atom stereocenters. The summed E-state index contributed by atoms with van der Waals surface area (Å²) in [7, 11) is -2.17. The summed E-state index contributed by atoms with van der Waals surface area (Å²) < 4.78 is 26.5. The third kappa shape index (κ3) is 9.83. The van der Waals surface area contributed by atoms with E-state index in [-0.39, 0.29) is 36.2 Å². The van der Waals surface area contributed by atoms with E-state index in [2.05, 4.69) is 21.3 Å². The Kier molecular flexibility index (Phi) is 12.3. The van der Waals surface area contributed by atoms with Gasteiger partial charge in [-0.25, -0.2) is 17.5 Å². The van der Waals surface area contributed by atoms with Crippen LogP contribution >= 0.6 is 0 Å². The van der Waals surface area contributed by atoms with E-state index in [4.69, 9.17) is 0 Å². The Balaban J connectivity index is 1.53. The van der Waals surface area contributed by atoms with Gasteiger partial charge >= 0.3 is 6.03 Å². The van der Waals surface area contributed by atoms with Crippen LogP contribution in [0.2, 0.25) is 0 Å². The number of likely N-dealkylation sites (N-methyl/N-ethyl adjacent to an activating group) is 1. The molecular formula is C37H64N6O7S. The number of likely N-dealkylation sites (tertiary alicyclic amines) is 1. The molecule has 51 heavy (non-hydrogen) atoms. The van der Waals surface area contributed by atoms with Gasteiger partial charge in [0.15, 0.2) is 0 Å². The van der Waals surface area contributed by atoms with Crippen LogP contribution in [-0.2, 0) is 29.2 Å². The maximum absolute atomic E-state index is 14.6. The van der Waals surface area contributed by atoms with Crippen molar-refractivity contribution < 1.29 is 32.4 Å². The second-order valence-electron chi connectivity index (χ2n) is 18.7. The van der Waals surface area contributed by atoms with Crippen molar-refractivity contribution in [3.8, 4) is 0 Å². The van der Waals surface area contributed by atoms with Crippen molar-refractivity contribution in [2.45, 2.75) is 155 Å². The van der Waals surface area contributed by atoms with Crippen LogP contribution < -0.4 is 21.3 Å². The number of hydrogen-bond donors (Lipinski definition) is 4. The Hall–Kier alpha value is -2.74. The number of ketones is 1. The predicted octanol–water partition coefficient (Wildman–Crippen LogP) is 3.32. The number of urea groups is 1. The summed E-state index contributed by atoms with van der Waals surface area (Å²) >= 11 is 0. The molecule has 1 unspecified atom stereocenters. The van der Waals surface area contributed by atoms with Crippen molar-refractivity contribution >= 4 is 39.6 Å². The molecule has 0 aromatic rings. The van der Waals surface area contributed by atoms with Crippen LogP contribution in [-0.4, -0.2) is 102 Å². The largest absolute Gasteiger partial charge is 0.347 e. The second kappa shape index (κ2) is 15.3. The second-order valence-corrected chi connectivity index (χ2v) is 21.5. The molecule has 4 N–H and O–H groups in total. The van der Waals surface area contributed by atoms with Crippen LogP contribution in [0.1, 0.15) is 120 Å². The Morgan fingerprint density at radius 2 is 1.41 bits per heavy atom. The lowest BCUT2D eigenvalue weighted by Gasteiger charge is -2.39. The van der Waals surface area contributed by atoms with Crippen molar-refractivity contribution in [1.29, 1.82) is 0 Å². The topological polar surface area (TPSA) is 174 Å². The molecule has 1 aliphatic heterocycles. The maximum Gasteiger partial charge on any atom is 0.315 e. The number of carbonyl (C=O) groups is 5. The van der Waals surface area contributed by atoms with E-state index in [1.165, 1.54) is 11.4 Å². The number of nitrogens with zero attached hydrogens (tertiary/aromatic N) is 2. The molecule has 290 valence electrons. The quantitative estimate of drug-likeness (QED) is 0.210. The van der Waals surface area contributed by atoms with E-state index in [0.717, 1.165) is 51.4 Å². The molecule has 4 aliphatic rings. The van der Waals surface area contributed by atoms with Crippen LogP contribution in [0.3, 0.4) is 0 Å². The third-order valence-corrected chi connectivity index (χ3v) is 13.9. The monoisotopic (exact) mass is 736 g/mol. The number of Topliss-reactive ketones (excluding diaryl/α,β-unsaturated/α-hetero) is 1. The third-order valence-electron chi connectivity index (χ3n) is 11.4. The Morgan fingerprint density at radius 1 is 0.804 bits per heavy atom. The van der Waals surface area contributed by atoms with Crippen molar-refractivity contribution in [3.05, 3.63) is 0 Å². The minimum atomic E-state index is -3.67. The van der Waals surface area contributed by atoms with Crippen molar-refractivity contribution in [3.63, 3.8) is 0 Å². The molecular weight excluding hydrogens is 673 g/mol. The molecule has 0 aromatic carbocycles. The van der Waals surface area contributed by atoms with E-state index in [9.17, 15) is 32.4 Å². The summed E-state index contributed by atoms with van der Waals surface area (Å²) in [4.78, 5) is 70.2. The maximum atomic E-state index is 14.6. The fourth-order valence-electron chi connectivity index (χ4n) is 7.57. The highest BCUT2D eigenvalue weighted by atomic mass is 32.2. The standard InChI is InChI=1S/C37H64N6O7S/c1-35(2,3)27(21-42(10)51(49,50)37(7,8)9)40-34(48)41-30(36(4,5)6)33(47)43-20-23-15-12-16-25(23)28(43)31(45)39-26(19-22-13-11-14-22)29(44)32(46)38-24-17-18-24/h22-28,30H,11-21H2,1-10H3,(H,38,46)(H,39,45)(H2,40,41,48)/t23-,25-,26?,27+,28-,30+/m0/s1. The Labute approximate surface area is 305 Å². The molecule has 4 fully saturated rings. The zero-order chi connectivity index (χ0) is 38.3. The lowest BCUT2D eigenvalue weighted by molar-refractivity contribution is -0.144. The molecule has 1 heterocycles. The molecule has 5 amide bonds. The van der Waals surface area contributed by atoms with Gasteiger partial charge < -0.3 is 26.2 Å². The smallest absolute Gasteiger partial charge is 0.315 e. The number of rotatable bonds is 13. The van der Waals surface area contributed by atoms with Crippen molar-refractivity contribution in [2.75, 3.05) is 20.1 Å². The van der Waals surface area contributed by atoms with Crippen LogP contribution in [0.4, 0.5) is 4.79 Å². The first-order valence-corrected chi connectivity index (χ1v) is 20.3. The molecule has 0 spiro atoms. The SMILES string of the molecule is CN(C[C@@H](NC(=O)N[C@H](C(=O)N1C[C@@H]2CCC[C@@H]2[C@H]1C(=O)NC(CC1CCC1)C(=O)C(=O)NC1CC1)C(C)(C)C)C(C)(C)C)S(=O)(=O)C(C)(C)C. The van der Waals surface area contributed by atoms with Crippen LogP contribution in [0.5, 0.6) is 0 Å². The first kappa shape index (κ1) is 41.0. The number of fused-ring (bicyclic) bond motifs is 1. The molecule has 3 saturated carbocycles. The van der Waals surface area contributed by atoms with Crippen LogP contribution in [0, 0.1) is 28.6 Å². The highest BCUT2D eigenvalue weighted by molar-refractivity contribution is 7.90. The van der Waals surface area contributed by atoms with Gasteiger partial charge in [0.2, 0.25) is 27.6 Å². The first-order chi connectivity index (χ1) is 23.4. The number of amides is 5. The minimum absolute atomic E-state index is 0.0128. The van der Waals surface area contributed by atoms with Gasteiger partial charge in [0.1, 0.15) is 12.1 Å². The zero-order valence-corrected chi connectivity index (χ0v) is 33.4. The summed E-state index contributed by atoms with van der Waals surface area (Å²) in [6, 6.07) is -4.00. The van der Waals surface area contributed by atoms with Crippen LogP contribution in [0.25, 0.3) is 0 Å². The van der Waals surface area contributed by atoms with E-state index in [1.807, 2.05) is 41.5 Å². The van der Waals surface area contributed by atoms with E-state index in [0.29, 0.717) is 13.0 Å². The molecule has 14 heteroatoms. The van der Waals surface area contributed by atoms with E-state index < -0.39 is 73.4 Å². The van der Waals surface area contributed by atoms with Gasteiger partial charge in [0.25, 0.3) is 5.91 Å². The fourth-order valence-corrected chi connectivity index (χ4v) is 8.85. The number of hydrogen-bond acceptors (Lipinski definition) is 7. The predicted molar refractivity (Wildman–Crippen MR) is 196 cm³/mol. The summed E-state index contributed by atoms with van der Waals surface area (Å²) in [5.74, 6) is -1.84. The molecule has 0 bridgehead atoms. The molecule has 1 saturated heterocycles. The molecule has 0 aromatic heterocycles. The average molecular weight is 737 g/mol. The highest BCUT2D eigenvalue weighted by Gasteiger charge is 2.52. The van der Waals surface area contributed by atoms with E-state index >= 15 is 0 Å². The lowest BCUT2D eigenvalue weighted by Crippen LogP contribution is -2.62. The zero-order valence-electron chi connectivity index (χ0n) is 32.6. The van der Waals surface area contributed by atoms with Gasteiger partial charge in [-0.1, -0.05) is 67.2 Å². The molecule has 3 aliphatic carbocycles. The van der Waals surface area contributed by atoms with Crippen LogP contribution in [0.15, 0.2) is 0 Å².